The fraction of sp³-hybridized carbons (Fsp3) is 0.481. The molecule has 1 heterocycles. The number of carboxylic acids is 2. The number of phenols is 1. The summed E-state index contributed by atoms with van der Waals surface area (Å²) in [5, 5.41) is 45.5. The summed E-state index contributed by atoms with van der Waals surface area (Å²) in [6.07, 6.45) is 4.48. The normalized spacial score (nSPS) is 25.2. The second-order valence-corrected chi connectivity index (χ2v) is 18.7. The van der Waals surface area contributed by atoms with Gasteiger partial charge in [0.25, 0.3) is 5.91 Å². The first-order chi connectivity index (χ1) is 33.8. The van der Waals surface area contributed by atoms with E-state index >= 15 is 0 Å². The molecule has 0 aliphatic carbocycles. The standard InChI is InChI=1S/C52H71N7O13/c1-28(2)24-40-49(66)54-38(21-16-29(3)25-30(4)42(72-10)27-35-14-12-11-13-15-35)31(5)45(62)55-39(51(68)69)22-23-43(61)59(9)34(8)48(65)53-33(7)47(64)57-41(26-36-17-19-37(60)20-18-36)50(67)58-44(52(70)71)32(6)46(63)56-40/h11-21,25,28,30-33,38-42,44,60H,8,22-24,26-27H2,1-7,9-10H3,(H,53,65)(H,54,66)(H,55,62)(H,56,63)(H,57,64)(H,58,67)(H,68,69)(H,70,71)/b21-16+,29-25+/t30-,31-,32-,33+,38-,39+,40-,41-,42-,44+/m0/s1. The lowest BCUT2D eigenvalue weighted by Gasteiger charge is -2.29. The van der Waals surface area contributed by atoms with E-state index in [1.54, 1.807) is 33.1 Å². The number of carbonyl (C=O) groups is 9. The number of aromatic hydroxyl groups is 1. The van der Waals surface area contributed by atoms with E-state index in [4.69, 9.17) is 4.74 Å². The summed E-state index contributed by atoms with van der Waals surface area (Å²) in [4.78, 5) is 123. The van der Waals surface area contributed by atoms with Gasteiger partial charge in [-0.25, -0.2) is 9.59 Å². The molecule has 9 N–H and O–H groups in total. The van der Waals surface area contributed by atoms with Crippen LogP contribution in [0.25, 0.3) is 0 Å². The van der Waals surface area contributed by atoms with Crippen molar-refractivity contribution < 1.29 is 63.2 Å². The maximum absolute atomic E-state index is 14.3. The molecule has 392 valence electrons. The molecule has 2 aromatic rings. The van der Waals surface area contributed by atoms with Crippen molar-refractivity contribution in [2.75, 3.05) is 14.2 Å². The quantitative estimate of drug-likeness (QED) is 0.103. The number of nitrogens with one attached hydrogen (secondary N) is 6. The van der Waals surface area contributed by atoms with E-state index in [-0.39, 0.29) is 36.5 Å². The number of aliphatic carboxylic acids is 2. The number of carboxylic acid groups (broad SMARTS) is 2. The van der Waals surface area contributed by atoms with Crippen molar-refractivity contribution in [2.45, 2.75) is 123 Å². The van der Waals surface area contributed by atoms with E-state index in [2.05, 4.69) is 38.5 Å². The van der Waals surface area contributed by atoms with Crippen LogP contribution in [0.2, 0.25) is 0 Å². The molecule has 20 nitrogen and oxygen atoms in total. The zero-order chi connectivity index (χ0) is 54.0. The van der Waals surface area contributed by atoms with Gasteiger partial charge in [-0.05, 0) is 62.3 Å². The number of carbonyl (C=O) groups excluding carboxylic acids is 7. The van der Waals surface area contributed by atoms with Gasteiger partial charge in [0.1, 0.15) is 41.7 Å². The third-order valence-electron chi connectivity index (χ3n) is 12.4. The molecule has 72 heavy (non-hydrogen) atoms. The van der Waals surface area contributed by atoms with Crippen LogP contribution < -0.4 is 31.9 Å². The predicted molar refractivity (Wildman–Crippen MR) is 266 cm³/mol. The molecule has 7 amide bonds. The number of amides is 7. The number of benzene rings is 2. The SMILES string of the molecule is C=C1C(=O)N[C@H](C)C(=O)N[C@@H](Cc2ccc(O)cc2)C(=O)N[C@@H](C(=O)O)[C@H](C)C(=O)N[C@@H](CC(C)C)C(=O)N[C@@H](/C=C/C(C)=C/[C@H](C)[C@H](Cc2ccccc2)OC)[C@H](C)C(=O)N[C@@H](C(=O)O)CCC(=O)N1C. The Bertz CT molecular complexity index is 2340. The number of ether oxygens (including phenoxy) is 1. The van der Waals surface area contributed by atoms with Crippen LogP contribution >= 0.6 is 0 Å². The van der Waals surface area contributed by atoms with Gasteiger partial charge in [0.2, 0.25) is 35.4 Å². The van der Waals surface area contributed by atoms with Gasteiger partial charge in [-0.1, -0.05) is 107 Å². The van der Waals surface area contributed by atoms with Gasteiger partial charge in [-0.3, -0.25) is 33.6 Å². The number of methoxy groups -OCH3 is 1. The summed E-state index contributed by atoms with van der Waals surface area (Å²) in [5.41, 5.74) is 1.79. The van der Waals surface area contributed by atoms with Crippen LogP contribution in [0, 0.1) is 23.7 Å². The van der Waals surface area contributed by atoms with E-state index in [1.165, 1.54) is 52.1 Å². The average Bonchev–Trinajstić information content (AvgIpc) is 3.33. The third-order valence-corrected chi connectivity index (χ3v) is 12.4. The topological polar surface area (TPSA) is 299 Å². The van der Waals surface area contributed by atoms with Gasteiger partial charge < -0.3 is 56.9 Å². The van der Waals surface area contributed by atoms with Crippen molar-refractivity contribution in [3.63, 3.8) is 0 Å². The fourth-order valence-electron chi connectivity index (χ4n) is 7.76. The van der Waals surface area contributed by atoms with Crippen molar-refractivity contribution in [3.05, 3.63) is 102 Å². The molecule has 0 unspecified atom stereocenters. The summed E-state index contributed by atoms with van der Waals surface area (Å²) in [6, 6.07) is 6.51. The smallest absolute Gasteiger partial charge is 0.327 e. The second kappa shape index (κ2) is 27.9. The highest BCUT2D eigenvalue weighted by molar-refractivity contribution is 6.00. The minimum absolute atomic E-state index is 0.0348. The summed E-state index contributed by atoms with van der Waals surface area (Å²) >= 11 is 0. The lowest BCUT2D eigenvalue weighted by molar-refractivity contribution is -0.146. The van der Waals surface area contributed by atoms with E-state index in [9.17, 15) is 58.5 Å². The molecule has 0 bridgehead atoms. The van der Waals surface area contributed by atoms with Crippen LogP contribution in [0.1, 0.15) is 78.9 Å². The van der Waals surface area contributed by atoms with Gasteiger partial charge in [-0.2, -0.15) is 0 Å². The van der Waals surface area contributed by atoms with Crippen LogP contribution in [-0.4, -0.2) is 130 Å². The van der Waals surface area contributed by atoms with Crippen LogP contribution in [0.4, 0.5) is 0 Å². The first kappa shape index (κ1) is 59.0. The highest BCUT2D eigenvalue weighted by Gasteiger charge is 2.37. The first-order valence-corrected chi connectivity index (χ1v) is 23.8. The van der Waals surface area contributed by atoms with E-state index in [0.717, 1.165) is 16.0 Å². The minimum atomic E-state index is -1.91. The number of phenolic OH excluding ortho intramolecular Hbond substituents is 1. The summed E-state index contributed by atoms with van der Waals surface area (Å²) < 4.78 is 5.82. The van der Waals surface area contributed by atoms with Gasteiger partial charge in [0.15, 0.2) is 0 Å². The number of hydrogen-bond donors (Lipinski definition) is 9. The average molecular weight is 1000 g/mol. The Morgan fingerprint density at radius 3 is 1.94 bits per heavy atom. The lowest BCUT2D eigenvalue weighted by Crippen LogP contribution is -2.59. The van der Waals surface area contributed by atoms with Gasteiger partial charge in [0, 0.05) is 32.9 Å². The molecular formula is C52H71N7O13. The Morgan fingerprint density at radius 1 is 0.764 bits per heavy atom. The molecule has 1 fully saturated rings. The van der Waals surface area contributed by atoms with E-state index < -0.39 is 120 Å². The molecule has 0 aromatic heterocycles. The Kier molecular flexibility index (Phi) is 22.8. The number of nitrogens with zero attached hydrogens (tertiary/aromatic N) is 1. The van der Waals surface area contributed by atoms with Crippen molar-refractivity contribution >= 4 is 53.3 Å². The second-order valence-electron chi connectivity index (χ2n) is 18.7. The summed E-state index contributed by atoms with van der Waals surface area (Å²) in [6.45, 7) is 15.0. The molecule has 2 aromatic carbocycles. The predicted octanol–water partition coefficient (Wildman–Crippen LogP) is 2.51. The van der Waals surface area contributed by atoms with Crippen molar-refractivity contribution in [1.29, 1.82) is 0 Å². The minimum Gasteiger partial charge on any atom is -0.508 e. The molecular weight excluding hydrogens is 931 g/mol. The monoisotopic (exact) mass is 1000 g/mol. The van der Waals surface area contributed by atoms with Gasteiger partial charge in [0.05, 0.1) is 24.0 Å². The summed E-state index contributed by atoms with van der Waals surface area (Å²) in [5.74, 6) is -12.5. The summed E-state index contributed by atoms with van der Waals surface area (Å²) in [7, 11) is 2.82. The molecule has 1 saturated heterocycles. The highest BCUT2D eigenvalue weighted by atomic mass is 16.5. The van der Waals surface area contributed by atoms with E-state index in [0.29, 0.717) is 12.0 Å². The number of allylic oxidation sites excluding steroid dienone is 2. The number of rotatable bonds is 13. The fourth-order valence-corrected chi connectivity index (χ4v) is 7.76. The third kappa shape index (κ3) is 18.1. The molecule has 1 aliphatic heterocycles. The Balaban J connectivity index is 2.11. The Morgan fingerprint density at radius 2 is 1.36 bits per heavy atom. The zero-order valence-corrected chi connectivity index (χ0v) is 42.4. The Hall–Kier alpha value is -7.35. The maximum atomic E-state index is 14.3. The van der Waals surface area contributed by atoms with Crippen LogP contribution in [0.3, 0.4) is 0 Å². The molecule has 0 saturated carbocycles. The molecule has 10 atom stereocenters. The largest absolute Gasteiger partial charge is 0.508 e. The molecule has 0 radical (unpaired) electrons. The first-order valence-electron chi connectivity index (χ1n) is 23.8. The van der Waals surface area contributed by atoms with Crippen molar-refractivity contribution in [3.8, 4) is 5.75 Å². The molecule has 20 heteroatoms. The number of likely N-dealkylation sites (N-methyl/N-ethyl adjacent to an activating group) is 1. The van der Waals surface area contributed by atoms with Crippen LogP contribution in [-0.2, 0) is 60.7 Å². The Labute approximate surface area is 420 Å². The van der Waals surface area contributed by atoms with Crippen molar-refractivity contribution in [2.24, 2.45) is 23.7 Å². The van der Waals surface area contributed by atoms with E-state index in [1.807, 2.05) is 50.3 Å². The van der Waals surface area contributed by atoms with Crippen LogP contribution in [0.5, 0.6) is 5.75 Å². The van der Waals surface area contributed by atoms with Crippen LogP contribution in [0.15, 0.2) is 90.7 Å². The highest BCUT2D eigenvalue weighted by Crippen LogP contribution is 2.19. The molecule has 1 aliphatic rings. The number of hydrogen-bond acceptors (Lipinski definition) is 11. The molecule has 0 spiro atoms. The lowest BCUT2D eigenvalue weighted by atomic mass is 9.94. The van der Waals surface area contributed by atoms with Gasteiger partial charge in [-0.15, -0.1) is 0 Å². The molecule has 3 rings (SSSR count). The maximum Gasteiger partial charge on any atom is 0.327 e. The van der Waals surface area contributed by atoms with Crippen molar-refractivity contribution in [1.82, 2.24) is 36.8 Å². The van der Waals surface area contributed by atoms with Gasteiger partial charge >= 0.3 is 11.9 Å². The zero-order valence-electron chi connectivity index (χ0n) is 42.4.